The lowest BCUT2D eigenvalue weighted by molar-refractivity contribution is 0.281. The molecule has 0 bridgehead atoms. The number of benzene rings is 1. The molecule has 0 aliphatic carbocycles. The van der Waals surface area contributed by atoms with Gasteiger partial charge in [-0.25, -0.2) is 4.98 Å². The van der Waals surface area contributed by atoms with Gasteiger partial charge >= 0.3 is 0 Å². The number of nitrogens with zero attached hydrogens (tertiary/aromatic N) is 1. The SMILES string of the molecule is CCc1cccc2cc(CO)c(Cl)nc12. The van der Waals surface area contributed by atoms with Crippen molar-refractivity contribution in [3.63, 3.8) is 0 Å². The van der Waals surface area contributed by atoms with Crippen LogP contribution in [0.2, 0.25) is 5.15 Å². The fourth-order valence-corrected chi connectivity index (χ4v) is 1.88. The second-order valence-corrected chi connectivity index (χ2v) is 3.80. The topological polar surface area (TPSA) is 33.1 Å². The number of hydrogen-bond donors (Lipinski definition) is 1. The Morgan fingerprint density at radius 1 is 1.33 bits per heavy atom. The number of pyridine rings is 1. The zero-order chi connectivity index (χ0) is 10.8. The monoisotopic (exact) mass is 221 g/mol. The summed E-state index contributed by atoms with van der Waals surface area (Å²) in [4.78, 5) is 4.32. The van der Waals surface area contributed by atoms with Gasteiger partial charge < -0.3 is 5.11 Å². The van der Waals surface area contributed by atoms with Crippen molar-refractivity contribution in [1.29, 1.82) is 0 Å². The molecule has 2 nitrogen and oxygen atoms in total. The van der Waals surface area contributed by atoms with Gasteiger partial charge in [-0.2, -0.15) is 0 Å². The molecule has 0 spiro atoms. The van der Waals surface area contributed by atoms with Gasteiger partial charge in [0.15, 0.2) is 0 Å². The standard InChI is InChI=1S/C12H12ClNO/c1-2-8-4-3-5-9-6-10(7-15)12(13)14-11(8)9/h3-6,15H,2,7H2,1H3. The molecule has 0 unspecified atom stereocenters. The summed E-state index contributed by atoms with van der Waals surface area (Å²) in [5.74, 6) is 0. The molecule has 1 aromatic heterocycles. The number of rotatable bonds is 2. The van der Waals surface area contributed by atoms with Crippen LogP contribution in [0.1, 0.15) is 18.1 Å². The largest absolute Gasteiger partial charge is 0.392 e. The number of para-hydroxylation sites is 1. The quantitative estimate of drug-likeness (QED) is 0.791. The van der Waals surface area contributed by atoms with Gasteiger partial charge in [0.2, 0.25) is 0 Å². The minimum Gasteiger partial charge on any atom is -0.392 e. The number of aryl methyl sites for hydroxylation is 1. The van der Waals surface area contributed by atoms with E-state index in [0.717, 1.165) is 17.3 Å². The molecule has 1 aromatic carbocycles. The second kappa shape index (κ2) is 4.17. The van der Waals surface area contributed by atoms with E-state index in [1.807, 2.05) is 24.3 Å². The molecule has 0 fully saturated rings. The van der Waals surface area contributed by atoms with Gasteiger partial charge in [-0.3, -0.25) is 0 Å². The van der Waals surface area contributed by atoms with Gasteiger partial charge in [-0.1, -0.05) is 36.7 Å². The summed E-state index contributed by atoms with van der Waals surface area (Å²) < 4.78 is 0. The number of fused-ring (bicyclic) bond motifs is 1. The molecule has 0 amide bonds. The van der Waals surface area contributed by atoms with Crippen molar-refractivity contribution in [1.82, 2.24) is 4.98 Å². The molecule has 1 N–H and O–H groups in total. The maximum absolute atomic E-state index is 9.08. The Labute approximate surface area is 93.5 Å². The lowest BCUT2D eigenvalue weighted by Crippen LogP contribution is -1.93. The van der Waals surface area contributed by atoms with Gasteiger partial charge in [-0.05, 0) is 18.1 Å². The molecule has 2 rings (SSSR count). The highest BCUT2D eigenvalue weighted by Gasteiger charge is 2.06. The molecule has 78 valence electrons. The molecular formula is C12H12ClNO. The van der Waals surface area contributed by atoms with Gasteiger partial charge in [0.05, 0.1) is 12.1 Å². The van der Waals surface area contributed by atoms with Crippen molar-refractivity contribution < 1.29 is 5.11 Å². The molecule has 0 aliphatic heterocycles. The first-order valence-electron chi connectivity index (χ1n) is 4.94. The summed E-state index contributed by atoms with van der Waals surface area (Å²) in [6.45, 7) is 2.02. The predicted octanol–water partition coefficient (Wildman–Crippen LogP) is 2.94. The lowest BCUT2D eigenvalue weighted by Gasteiger charge is -2.06. The van der Waals surface area contributed by atoms with E-state index >= 15 is 0 Å². The third-order valence-electron chi connectivity index (χ3n) is 2.51. The van der Waals surface area contributed by atoms with Crippen molar-refractivity contribution in [3.05, 3.63) is 40.5 Å². The smallest absolute Gasteiger partial charge is 0.135 e. The molecular weight excluding hydrogens is 210 g/mol. The van der Waals surface area contributed by atoms with Crippen LogP contribution in [0.5, 0.6) is 0 Å². The number of aromatic nitrogens is 1. The first kappa shape index (κ1) is 10.4. The van der Waals surface area contributed by atoms with Crippen molar-refractivity contribution in [3.8, 4) is 0 Å². The molecule has 0 saturated carbocycles. The van der Waals surface area contributed by atoms with Crippen LogP contribution in [0, 0.1) is 0 Å². The Hall–Kier alpha value is -1.12. The van der Waals surface area contributed by atoms with Crippen LogP contribution >= 0.6 is 11.6 Å². The Kier molecular flexibility index (Phi) is 2.89. The van der Waals surface area contributed by atoms with Gasteiger partial charge in [0, 0.05) is 10.9 Å². The molecule has 2 aromatic rings. The van der Waals surface area contributed by atoms with Crippen LogP contribution in [0.15, 0.2) is 24.3 Å². The van der Waals surface area contributed by atoms with E-state index in [1.165, 1.54) is 5.56 Å². The maximum Gasteiger partial charge on any atom is 0.135 e. The lowest BCUT2D eigenvalue weighted by atomic mass is 10.1. The first-order valence-corrected chi connectivity index (χ1v) is 5.32. The van der Waals surface area contributed by atoms with E-state index in [-0.39, 0.29) is 6.61 Å². The van der Waals surface area contributed by atoms with Crippen molar-refractivity contribution in [2.24, 2.45) is 0 Å². The third kappa shape index (κ3) is 1.83. The van der Waals surface area contributed by atoms with Crippen LogP contribution in [-0.4, -0.2) is 10.1 Å². The zero-order valence-electron chi connectivity index (χ0n) is 8.50. The van der Waals surface area contributed by atoms with Crippen molar-refractivity contribution in [2.45, 2.75) is 20.0 Å². The minimum absolute atomic E-state index is 0.0713. The predicted molar refractivity (Wildman–Crippen MR) is 62.1 cm³/mol. The summed E-state index contributed by atoms with van der Waals surface area (Å²) in [5.41, 5.74) is 2.79. The van der Waals surface area contributed by atoms with Crippen LogP contribution in [0.3, 0.4) is 0 Å². The van der Waals surface area contributed by atoms with Crippen LogP contribution in [-0.2, 0) is 13.0 Å². The third-order valence-corrected chi connectivity index (χ3v) is 2.83. The van der Waals surface area contributed by atoms with E-state index < -0.39 is 0 Å². The highest BCUT2D eigenvalue weighted by molar-refractivity contribution is 6.30. The van der Waals surface area contributed by atoms with E-state index in [9.17, 15) is 0 Å². The number of hydrogen-bond acceptors (Lipinski definition) is 2. The Bertz CT molecular complexity index is 496. The summed E-state index contributed by atoms with van der Waals surface area (Å²) in [6, 6.07) is 7.92. The van der Waals surface area contributed by atoms with Gasteiger partial charge in [0.1, 0.15) is 5.15 Å². The number of aliphatic hydroxyl groups excluding tert-OH is 1. The Morgan fingerprint density at radius 2 is 2.13 bits per heavy atom. The average Bonchev–Trinajstić information content (AvgIpc) is 2.27. The Morgan fingerprint density at radius 3 is 2.80 bits per heavy atom. The highest BCUT2D eigenvalue weighted by atomic mass is 35.5. The van der Waals surface area contributed by atoms with Crippen LogP contribution in [0.25, 0.3) is 10.9 Å². The molecule has 1 heterocycles. The molecule has 0 aliphatic rings. The van der Waals surface area contributed by atoms with E-state index in [1.54, 1.807) is 0 Å². The second-order valence-electron chi connectivity index (χ2n) is 3.44. The maximum atomic E-state index is 9.08. The molecule has 15 heavy (non-hydrogen) atoms. The molecule has 0 radical (unpaired) electrons. The zero-order valence-corrected chi connectivity index (χ0v) is 9.25. The summed E-state index contributed by atoms with van der Waals surface area (Å²) in [5, 5.41) is 10.5. The fraction of sp³-hybridized carbons (Fsp3) is 0.250. The van der Waals surface area contributed by atoms with Crippen LogP contribution < -0.4 is 0 Å². The van der Waals surface area contributed by atoms with E-state index in [4.69, 9.17) is 16.7 Å². The number of aliphatic hydroxyl groups is 1. The molecule has 3 heteroatoms. The van der Waals surface area contributed by atoms with Crippen molar-refractivity contribution in [2.75, 3.05) is 0 Å². The van der Waals surface area contributed by atoms with Gasteiger partial charge in [-0.15, -0.1) is 0 Å². The summed E-state index contributed by atoms with van der Waals surface area (Å²) >= 11 is 5.96. The minimum atomic E-state index is -0.0713. The van der Waals surface area contributed by atoms with Crippen molar-refractivity contribution >= 4 is 22.5 Å². The Balaban J connectivity index is 2.74. The van der Waals surface area contributed by atoms with E-state index in [2.05, 4.69) is 11.9 Å². The molecule has 0 saturated heterocycles. The first-order chi connectivity index (χ1) is 7.26. The van der Waals surface area contributed by atoms with E-state index in [0.29, 0.717) is 10.7 Å². The number of halogens is 1. The summed E-state index contributed by atoms with van der Waals surface area (Å²) in [7, 11) is 0. The van der Waals surface area contributed by atoms with Gasteiger partial charge in [0.25, 0.3) is 0 Å². The van der Waals surface area contributed by atoms with Crippen LogP contribution in [0.4, 0.5) is 0 Å². The normalized spacial score (nSPS) is 10.9. The fourth-order valence-electron chi connectivity index (χ4n) is 1.68. The molecule has 0 atom stereocenters. The summed E-state index contributed by atoms with van der Waals surface area (Å²) in [6.07, 6.45) is 0.930. The average molecular weight is 222 g/mol. The highest BCUT2D eigenvalue weighted by Crippen LogP contribution is 2.23.